The summed E-state index contributed by atoms with van der Waals surface area (Å²) in [4.78, 5) is 0. The van der Waals surface area contributed by atoms with E-state index >= 15 is 0 Å². The molecule has 0 aliphatic rings. The molecule has 1 unspecified atom stereocenters. The van der Waals surface area contributed by atoms with Crippen molar-refractivity contribution in [3.05, 3.63) is 42.3 Å². The molecule has 0 aliphatic carbocycles. The smallest absolute Gasteiger partial charge is 0.324 e. The highest BCUT2D eigenvalue weighted by Gasteiger charge is 2.30. The van der Waals surface area contributed by atoms with Crippen LogP contribution in [0.2, 0.25) is 0 Å². The number of rotatable bonds is 1. The molecule has 0 fully saturated rings. The van der Waals surface area contributed by atoms with E-state index in [9.17, 15) is 13.2 Å². The van der Waals surface area contributed by atoms with E-state index in [1.54, 1.807) is 0 Å². The fraction of sp³-hybridized carbons (Fsp3) is 0.222. The maximum Gasteiger partial charge on any atom is 0.416 e. The fourth-order valence-electron chi connectivity index (χ4n) is 0.946. The summed E-state index contributed by atoms with van der Waals surface area (Å²) < 4.78 is 36.5. The van der Waals surface area contributed by atoms with E-state index in [4.69, 9.17) is 5.73 Å². The highest BCUT2D eigenvalue weighted by molar-refractivity contribution is 5.28. The molecule has 0 saturated carbocycles. The summed E-state index contributed by atoms with van der Waals surface area (Å²) in [5, 5.41) is 0. The van der Waals surface area contributed by atoms with Gasteiger partial charge < -0.3 is 5.73 Å². The molecular weight excluding hydrogens is 179 g/mol. The molecule has 1 atom stereocenters. The Kier molecular flexibility index (Phi) is 2.61. The molecule has 1 aromatic rings. The summed E-state index contributed by atoms with van der Waals surface area (Å²) in [5.74, 6) is 0. The first-order chi connectivity index (χ1) is 5.91. The standard InChI is InChI=1S/C9H9F3N/c1-6(13)7-3-2-4-8(5-7)9(10,11)12/h2-6H,1,13H2. The van der Waals surface area contributed by atoms with E-state index in [1.807, 2.05) is 0 Å². The summed E-state index contributed by atoms with van der Waals surface area (Å²) in [6.45, 7) is 3.44. The summed E-state index contributed by atoms with van der Waals surface area (Å²) in [6, 6.07) is 4.24. The number of alkyl halides is 3. The second kappa shape index (κ2) is 3.38. The Bertz CT molecular complexity index is 291. The molecule has 1 radical (unpaired) electrons. The Morgan fingerprint density at radius 2 is 1.92 bits per heavy atom. The molecule has 0 spiro atoms. The van der Waals surface area contributed by atoms with Gasteiger partial charge in [-0.3, -0.25) is 0 Å². The molecule has 2 N–H and O–H groups in total. The number of hydrogen-bond donors (Lipinski definition) is 1. The van der Waals surface area contributed by atoms with Crippen molar-refractivity contribution in [3.63, 3.8) is 0 Å². The average molecular weight is 188 g/mol. The minimum Gasteiger partial charge on any atom is -0.324 e. The average Bonchev–Trinajstić information content (AvgIpc) is 2.03. The Labute approximate surface area is 74.4 Å². The van der Waals surface area contributed by atoms with Gasteiger partial charge in [0.15, 0.2) is 0 Å². The Hall–Kier alpha value is -1.03. The van der Waals surface area contributed by atoms with Gasteiger partial charge in [0.1, 0.15) is 0 Å². The number of hydrogen-bond acceptors (Lipinski definition) is 1. The monoisotopic (exact) mass is 188 g/mol. The minimum absolute atomic E-state index is 0.384. The van der Waals surface area contributed by atoms with Gasteiger partial charge >= 0.3 is 6.18 Å². The summed E-state index contributed by atoms with van der Waals surface area (Å²) in [6.07, 6.45) is -4.31. The maximum atomic E-state index is 12.2. The predicted molar refractivity (Wildman–Crippen MR) is 43.7 cm³/mol. The lowest BCUT2D eigenvalue weighted by atomic mass is 10.1. The number of benzene rings is 1. The molecule has 1 rings (SSSR count). The van der Waals surface area contributed by atoms with E-state index in [1.165, 1.54) is 12.1 Å². The van der Waals surface area contributed by atoms with Gasteiger partial charge in [-0.15, -0.1) is 0 Å². The molecular formula is C9H9F3N. The van der Waals surface area contributed by atoms with E-state index in [-0.39, 0.29) is 0 Å². The van der Waals surface area contributed by atoms with Crippen LogP contribution < -0.4 is 5.73 Å². The highest BCUT2D eigenvalue weighted by atomic mass is 19.4. The third kappa shape index (κ3) is 2.45. The zero-order valence-electron chi connectivity index (χ0n) is 6.81. The first-order valence-corrected chi connectivity index (χ1v) is 3.67. The van der Waals surface area contributed by atoms with Crippen LogP contribution in [0.15, 0.2) is 24.3 Å². The summed E-state index contributed by atoms with van der Waals surface area (Å²) in [7, 11) is 0. The minimum atomic E-state index is -4.31. The van der Waals surface area contributed by atoms with Gasteiger partial charge in [-0.1, -0.05) is 12.1 Å². The fourth-order valence-corrected chi connectivity index (χ4v) is 0.946. The van der Waals surface area contributed by atoms with Gasteiger partial charge in [0.2, 0.25) is 0 Å². The van der Waals surface area contributed by atoms with Crippen LogP contribution in [0.1, 0.15) is 17.2 Å². The second-order valence-electron chi connectivity index (χ2n) is 2.73. The molecule has 0 aliphatic heterocycles. The second-order valence-corrected chi connectivity index (χ2v) is 2.73. The lowest BCUT2D eigenvalue weighted by Crippen LogP contribution is -2.09. The topological polar surface area (TPSA) is 26.0 Å². The number of nitrogens with two attached hydrogens (primary N) is 1. The summed E-state index contributed by atoms with van der Waals surface area (Å²) >= 11 is 0. The molecule has 0 saturated heterocycles. The van der Waals surface area contributed by atoms with E-state index < -0.39 is 17.8 Å². The lowest BCUT2D eigenvalue weighted by Gasteiger charge is -2.10. The molecule has 0 amide bonds. The normalized spacial score (nSPS) is 14.2. The molecule has 1 aromatic carbocycles. The third-order valence-electron chi connectivity index (χ3n) is 1.64. The van der Waals surface area contributed by atoms with Gasteiger partial charge in [-0.05, 0) is 24.6 Å². The maximum absolute atomic E-state index is 12.2. The van der Waals surface area contributed by atoms with Crippen molar-refractivity contribution in [3.8, 4) is 0 Å². The van der Waals surface area contributed by atoms with Crippen molar-refractivity contribution in [2.45, 2.75) is 12.2 Å². The quantitative estimate of drug-likeness (QED) is 0.720. The van der Waals surface area contributed by atoms with Crippen molar-refractivity contribution in [2.75, 3.05) is 0 Å². The van der Waals surface area contributed by atoms with Gasteiger partial charge in [-0.25, -0.2) is 0 Å². The van der Waals surface area contributed by atoms with Crippen molar-refractivity contribution in [1.82, 2.24) is 0 Å². The Morgan fingerprint density at radius 3 is 2.38 bits per heavy atom. The van der Waals surface area contributed by atoms with Crippen molar-refractivity contribution < 1.29 is 13.2 Å². The van der Waals surface area contributed by atoms with Crippen LogP contribution in [0.25, 0.3) is 0 Å². The van der Waals surface area contributed by atoms with Gasteiger partial charge in [0.05, 0.1) is 5.56 Å². The van der Waals surface area contributed by atoms with Crippen molar-refractivity contribution in [1.29, 1.82) is 0 Å². The third-order valence-corrected chi connectivity index (χ3v) is 1.64. The highest BCUT2D eigenvalue weighted by Crippen LogP contribution is 2.30. The molecule has 1 nitrogen and oxygen atoms in total. The SMILES string of the molecule is [CH2]C(N)c1cccc(C(F)(F)F)c1. The van der Waals surface area contributed by atoms with Gasteiger partial charge in [-0.2, -0.15) is 13.2 Å². The molecule has 0 heterocycles. The predicted octanol–water partition coefficient (Wildman–Crippen LogP) is 2.54. The largest absolute Gasteiger partial charge is 0.416 e. The van der Waals surface area contributed by atoms with E-state index in [0.29, 0.717) is 5.56 Å². The van der Waals surface area contributed by atoms with Crippen LogP contribution >= 0.6 is 0 Å². The Morgan fingerprint density at radius 1 is 1.31 bits per heavy atom. The Balaban J connectivity index is 3.06. The molecule has 4 heteroatoms. The van der Waals surface area contributed by atoms with Crippen LogP contribution in [-0.2, 0) is 6.18 Å². The molecule has 71 valence electrons. The molecule has 0 aromatic heterocycles. The first-order valence-electron chi connectivity index (χ1n) is 3.67. The molecule has 13 heavy (non-hydrogen) atoms. The van der Waals surface area contributed by atoms with Crippen LogP contribution in [-0.4, -0.2) is 0 Å². The van der Waals surface area contributed by atoms with E-state index in [0.717, 1.165) is 12.1 Å². The van der Waals surface area contributed by atoms with E-state index in [2.05, 4.69) is 6.92 Å². The summed E-state index contributed by atoms with van der Waals surface area (Å²) in [5.41, 5.74) is 5.04. The van der Waals surface area contributed by atoms with Gasteiger partial charge in [0, 0.05) is 6.04 Å². The zero-order chi connectivity index (χ0) is 10.1. The first kappa shape index (κ1) is 10.1. The van der Waals surface area contributed by atoms with Crippen molar-refractivity contribution in [2.24, 2.45) is 5.73 Å². The van der Waals surface area contributed by atoms with Crippen molar-refractivity contribution >= 4 is 0 Å². The lowest BCUT2D eigenvalue weighted by molar-refractivity contribution is -0.137. The van der Waals surface area contributed by atoms with Gasteiger partial charge in [0.25, 0.3) is 0 Å². The zero-order valence-corrected chi connectivity index (χ0v) is 6.81. The molecule has 0 bridgehead atoms. The van der Waals surface area contributed by atoms with Crippen LogP contribution in [0, 0.1) is 6.92 Å². The number of halogens is 3. The van der Waals surface area contributed by atoms with Crippen LogP contribution in [0.5, 0.6) is 0 Å². The van der Waals surface area contributed by atoms with Crippen LogP contribution in [0.3, 0.4) is 0 Å². The van der Waals surface area contributed by atoms with Crippen LogP contribution in [0.4, 0.5) is 13.2 Å².